The third-order valence-electron chi connectivity index (χ3n) is 3.65. The zero-order chi connectivity index (χ0) is 17.7. The maximum Gasteiger partial charge on any atom is 0.217 e. The number of rotatable bonds is 8. The molecule has 0 atom stereocenters. The minimum atomic E-state index is -0.355. The first kappa shape index (κ1) is 18.3. The number of nitrogens with two attached hydrogens (primary N) is 1. The number of benzene rings is 1. The Morgan fingerprint density at radius 3 is 2.62 bits per heavy atom. The largest absolute Gasteiger partial charge is 0.370 e. The number of primary amides is 1. The van der Waals surface area contributed by atoms with Gasteiger partial charge < -0.3 is 10.3 Å². The number of aryl methyl sites for hydroxylation is 1. The third-order valence-corrected chi connectivity index (χ3v) is 4.08. The van der Waals surface area contributed by atoms with E-state index in [0.717, 1.165) is 11.4 Å². The number of hydrogen-bond acceptors (Lipinski definition) is 4. The highest BCUT2D eigenvalue weighted by molar-refractivity contribution is 7.71. The van der Waals surface area contributed by atoms with E-state index < -0.39 is 0 Å². The molecule has 0 spiro atoms. The van der Waals surface area contributed by atoms with Crippen molar-refractivity contribution in [3.05, 3.63) is 46.2 Å². The van der Waals surface area contributed by atoms with Crippen molar-refractivity contribution < 1.29 is 9.18 Å². The van der Waals surface area contributed by atoms with Crippen LogP contribution in [0.25, 0.3) is 0 Å². The predicted molar refractivity (Wildman–Crippen MR) is 92.1 cm³/mol. The number of aromatic nitrogens is 3. The molecule has 0 bridgehead atoms. The maximum atomic E-state index is 13.0. The zero-order valence-corrected chi connectivity index (χ0v) is 14.7. The van der Waals surface area contributed by atoms with Crippen LogP contribution in [0.2, 0.25) is 0 Å². The molecule has 0 saturated carbocycles. The van der Waals surface area contributed by atoms with Crippen LogP contribution in [0, 0.1) is 10.6 Å². The van der Waals surface area contributed by atoms with Gasteiger partial charge >= 0.3 is 0 Å². The molecule has 1 heterocycles. The SMILES string of the molecule is CCn1c(CCC(N)=O)nn(CN(C)Cc2ccc(F)cc2)c1=S. The lowest BCUT2D eigenvalue weighted by atomic mass is 10.2. The summed E-state index contributed by atoms with van der Waals surface area (Å²) in [6, 6.07) is 6.41. The van der Waals surface area contributed by atoms with Crippen molar-refractivity contribution in [2.24, 2.45) is 5.73 Å². The van der Waals surface area contributed by atoms with Gasteiger partial charge in [0.1, 0.15) is 11.6 Å². The minimum absolute atomic E-state index is 0.246. The Labute approximate surface area is 145 Å². The molecule has 130 valence electrons. The summed E-state index contributed by atoms with van der Waals surface area (Å²) >= 11 is 5.46. The average Bonchev–Trinajstić information content (AvgIpc) is 2.83. The van der Waals surface area contributed by atoms with Gasteiger partial charge in [-0.1, -0.05) is 12.1 Å². The van der Waals surface area contributed by atoms with Crippen molar-refractivity contribution in [1.82, 2.24) is 19.2 Å². The van der Waals surface area contributed by atoms with E-state index >= 15 is 0 Å². The summed E-state index contributed by atoms with van der Waals surface area (Å²) in [4.78, 5) is 13.0. The van der Waals surface area contributed by atoms with Crippen LogP contribution in [0.5, 0.6) is 0 Å². The Morgan fingerprint density at radius 1 is 1.38 bits per heavy atom. The number of halogens is 1. The highest BCUT2D eigenvalue weighted by Gasteiger charge is 2.12. The molecule has 1 amide bonds. The fraction of sp³-hybridized carbons (Fsp3) is 0.438. The molecule has 24 heavy (non-hydrogen) atoms. The van der Waals surface area contributed by atoms with Crippen LogP contribution in [-0.4, -0.2) is 32.2 Å². The van der Waals surface area contributed by atoms with Crippen molar-refractivity contribution >= 4 is 18.1 Å². The highest BCUT2D eigenvalue weighted by Crippen LogP contribution is 2.09. The quantitative estimate of drug-likeness (QED) is 0.740. The number of hydrogen-bond donors (Lipinski definition) is 1. The summed E-state index contributed by atoms with van der Waals surface area (Å²) in [5, 5.41) is 4.51. The molecule has 2 rings (SSSR count). The maximum absolute atomic E-state index is 13.0. The van der Waals surface area contributed by atoms with Crippen molar-refractivity contribution in [2.75, 3.05) is 7.05 Å². The van der Waals surface area contributed by atoms with Gasteiger partial charge in [-0.2, -0.15) is 5.10 Å². The molecule has 0 saturated heterocycles. The molecule has 8 heteroatoms. The van der Waals surface area contributed by atoms with Gasteiger partial charge in [0.15, 0.2) is 4.77 Å². The summed E-state index contributed by atoms with van der Waals surface area (Å²) < 4.78 is 17.2. The van der Waals surface area contributed by atoms with Gasteiger partial charge in [0.2, 0.25) is 5.91 Å². The zero-order valence-electron chi connectivity index (χ0n) is 13.9. The van der Waals surface area contributed by atoms with Gasteiger partial charge in [0.25, 0.3) is 0 Å². The molecule has 0 fully saturated rings. The van der Waals surface area contributed by atoms with E-state index in [1.165, 1.54) is 12.1 Å². The van der Waals surface area contributed by atoms with E-state index in [-0.39, 0.29) is 18.1 Å². The Morgan fingerprint density at radius 2 is 2.04 bits per heavy atom. The van der Waals surface area contributed by atoms with Crippen LogP contribution < -0.4 is 5.73 Å². The summed E-state index contributed by atoms with van der Waals surface area (Å²) in [5.41, 5.74) is 6.22. The van der Waals surface area contributed by atoms with Crippen molar-refractivity contribution in [3.63, 3.8) is 0 Å². The monoisotopic (exact) mass is 351 g/mol. The van der Waals surface area contributed by atoms with Gasteiger partial charge in [-0.25, -0.2) is 9.07 Å². The standard InChI is InChI=1S/C16H22FN5OS/c1-3-21-15(9-8-14(18)23)19-22(16(21)24)11-20(2)10-12-4-6-13(17)7-5-12/h4-7H,3,8-11H2,1-2H3,(H2,18,23). The van der Waals surface area contributed by atoms with Gasteiger partial charge in [0, 0.05) is 25.9 Å². The van der Waals surface area contributed by atoms with E-state index in [1.54, 1.807) is 16.8 Å². The topological polar surface area (TPSA) is 69.1 Å². The predicted octanol–water partition coefficient (Wildman–Crippen LogP) is 2.08. The molecule has 2 aromatic rings. The second-order valence-corrected chi connectivity index (χ2v) is 6.06. The molecule has 0 aliphatic carbocycles. The second-order valence-electron chi connectivity index (χ2n) is 5.69. The first-order chi connectivity index (χ1) is 11.4. The first-order valence-electron chi connectivity index (χ1n) is 7.78. The molecule has 6 nitrogen and oxygen atoms in total. The van der Waals surface area contributed by atoms with Gasteiger partial charge in [0.05, 0.1) is 6.67 Å². The van der Waals surface area contributed by atoms with Crippen LogP contribution >= 0.6 is 12.2 Å². The molecule has 2 N–H and O–H groups in total. The summed E-state index contributed by atoms with van der Waals surface area (Å²) in [7, 11) is 1.94. The molecule has 0 radical (unpaired) electrons. The van der Waals surface area contributed by atoms with Crippen LogP contribution in [0.3, 0.4) is 0 Å². The lowest BCUT2D eigenvalue weighted by Crippen LogP contribution is -2.22. The molecule has 1 aromatic heterocycles. The second kappa shape index (κ2) is 8.16. The molecule has 0 aliphatic heterocycles. The van der Waals surface area contributed by atoms with Crippen LogP contribution in [-0.2, 0) is 31.0 Å². The summed E-state index contributed by atoms with van der Waals surface area (Å²) in [6.07, 6.45) is 0.721. The average molecular weight is 351 g/mol. The number of nitrogens with zero attached hydrogens (tertiary/aromatic N) is 4. The van der Waals surface area contributed by atoms with E-state index in [2.05, 4.69) is 5.10 Å². The Kier molecular flexibility index (Phi) is 6.22. The van der Waals surface area contributed by atoms with E-state index in [9.17, 15) is 9.18 Å². The van der Waals surface area contributed by atoms with Crippen LogP contribution in [0.1, 0.15) is 24.7 Å². The molecule has 1 aromatic carbocycles. The minimum Gasteiger partial charge on any atom is -0.370 e. The van der Waals surface area contributed by atoms with Crippen molar-refractivity contribution in [3.8, 4) is 0 Å². The third kappa shape index (κ3) is 4.72. The molecular weight excluding hydrogens is 329 g/mol. The van der Waals surface area contributed by atoms with Crippen LogP contribution in [0.4, 0.5) is 4.39 Å². The fourth-order valence-corrected chi connectivity index (χ4v) is 2.83. The number of carbonyl (C=O) groups excluding carboxylic acids is 1. The Hall–Kier alpha value is -2.06. The number of carbonyl (C=O) groups is 1. The summed E-state index contributed by atoms with van der Waals surface area (Å²) in [6.45, 7) is 3.83. The van der Waals surface area contributed by atoms with Gasteiger partial charge in [-0.3, -0.25) is 9.69 Å². The van der Waals surface area contributed by atoms with E-state index in [0.29, 0.717) is 31.0 Å². The van der Waals surface area contributed by atoms with Gasteiger partial charge in [-0.05, 0) is 43.9 Å². The smallest absolute Gasteiger partial charge is 0.217 e. The van der Waals surface area contributed by atoms with Gasteiger partial charge in [-0.15, -0.1) is 0 Å². The summed E-state index contributed by atoms with van der Waals surface area (Å²) in [5.74, 6) is 0.160. The fourth-order valence-electron chi connectivity index (χ4n) is 2.50. The lowest BCUT2D eigenvalue weighted by molar-refractivity contribution is -0.118. The molecule has 0 unspecified atom stereocenters. The van der Waals surface area contributed by atoms with Crippen molar-refractivity contribution in [1.29, 1.82) is 0 Å². The Bertz CT molecular complexity index is 753. The van der Waals surface area contributed by atoms with E-state index in [1.807, 2.05) is 23.4 Å². The number of amides is 1. The van der Waals surface area contributed by atoms with Crippen molar-refractivity contribution in [2.45, 2.75) is 39.5 Å². The molecular formula is C16H22FN5OS. The Balaban J connectivity index is 2.09. The normalized spacial score (nSPS) is 11.2. The molecule has 0 aliphatic rings. The van der Waals surface area contributed by atoms with E-state index in [4.69, 9.17) is 18.0 Å². The lowest BCUT2D eigenvalue weighted by Gasteiger charge is -2.16. The highest BCUT2D eigenvalue weighted by atomic mass is 32.1. The first-order valence-corrected chi connectivity index (χ1v) is 8.19. The van der Waals surface area contributed by atoms with Crippen LogP contribution in [0.15, 0.2) is 24.3 Å².